The lowest BCUT2D eigenvalue weighted by molar-refractivity contribution is 0.486. The summed E-state index contributed by atoms with van der Waals surface area (Å²) in [7, 11) is 1.93. The van der Waals surface area contributed by atoms with Crippen LogP contribution >= 0.6 is 0 Å². The van der Waals surface area contributed by atoms with Crippen LogP contribution in [0.4, 0.5) is 8.78 Å². The predicted molar refractivity (Wildman–Crippen MR) is 98.2 cm³/mol. The van der Waals surface area contributed by atoms with E-state index in [4.69, 9.17) is 0 Å². The van der Waals surface area contributed by atoms with E-state index in [1.165, 1.54) is 17.7 Å². The summed E-state index contributed by atoms with van der Waals surface area (Å²) in [4.78, 5) is 6.89. The normalized spacial score (nSPS) is 17.8. The highest BCUT2D eigenvalue weighted by molar-refractivity contribution is 5.80. The van der Waals surface area contributed by atoms with Gasteiger partial charge >= 0.3 is 0 Å². The van der Waals surface area contributed by atoms with Crippen LogP contribution < -0.4 is 5.32 Å². The Morgan fingerprint density at radius 2 is 2.08 bits per heavy atom. The molecule has 0 aliphatic carbocycles. The van der Waals surface area contributed by atoms with Gasteiger partial charge in [-0.1, -0.05) is 0 Å². The smallest absolute Gasteiger partial charge is 0.193 e. The molecule has 0 radical (unpaired) electrons. The lowest BCUT2D eigenvalue weighted by atomic mass is 10.0. The molecule has 1 aliphatic heterocycles. The molecule has 0 saturated carbocycles. The van der Waals surface area contributed by atoms with E-state index in [1.807, 2.05) is 24.9 Å². The number of likely N-dealkylation sites (tertiary alicyclic amines) is 1. The van der Waals surface area contributed by atoms with Gasteiger partial charge in [-0.2, -0.15) is 5.10 Å². The third kappa shape index (κ3) is 4.59. The van der Waals surface area contributed by atoms with Gasteiger partial charge in [-0.05, 0) is 43.0 Å². The third-order valence-electron chi connectivity index (χ3n) is 4.60. The maximum atomic E-state index is 13.3. The number of guanidine groups is 1. The van der Waals surface area contributed by atoms with Crippen LogP contribution in [0.3, 0.4) is 0 Å². The molecule has 1 aromatic heterocycles. The van der Waals surface area contributed by atoms with Crippen molar-refractivity contribution in [1.29, 1.82) is 0 Å². The fourth-order valence-corrected chi connectivity index (χ4v) is 3.35. The number of nitrogens with one attached hydrogen (secondary N) is 1. The SMILES string of the molecule is CCNC(=NCCc1cc(F)cc(F)c1)N1CCC(c2cnn(C)c2)C1. The number of rotatable bonds is 5. The number of halogens is 2. The third-order valence-corrected chi connectivity index (χ3v) is 4.60. The van der Waals surface area contributed by atoms with E-state index in [9.17, 15) is 8.78 Å². The fraction of sp³-hybridized carbons (Fsp3) is 0.474. The Labute approximate surface area is 152 Å². The highest BCUT2D eigenvalue weighted by atomic mass is 19.1. The summed E-state index contributed by atoms with van der Waals surface area (Å²) < 4.78 is 28.4. The largest absolute Gasteiger partial charge is 0.357 e. The molecule has 3 rings (SSSR count). The average Bonchev–Trinajstić information content (AvgIpc) is 3.22. The summed E-state index contributed by atoms with van der Waals surface area (Å²) >= 11 is 0. The van der Waals surface area contributed by atoms with Gasteiger partial charge in [-0.15, -0.1) is 0 Å². The van der Waals surface area contributed by atoms with Crippen molar-refractivity contribution in [2.75, 3.05) is 26.2 Å². The van der Waals surface area contributed by atoms with Crippen molar-refractivity contribution in [3.8, 4) is 0 Å². The number of hydrogen-bond donors (Lipinski definition) is 1. The molecule has 1 aliphatic rings. The highest BCUT2D eigenvalue weighted by Gasteiger charge is 2.26. The molecule has 1 atom stereocenters. The minimum Gasteiger partial charge on any atom is -0.357 e. The van der Waals surface area contributed by atoms with E-state index in [-0.39, 0.29) is 0 Å². The summed E-state index contributed by atoms with van der Waals surface area (Å²) in [5.74, 6) is 0.213. The van der Waals surface area contributed by atoms with Crippen LogP contribution in [-0.4, -0.2) is 46.8 Å². The van der Waals surface area contributed by atoms with E-state index >= 15 is 0 Å². The summed E-state index contributed by atoms with van der Waals surface area (Å²) in [6, 6.07) is 3.61. The molecular formula is C19H25F2N5. The lowest BCUT2D eigenvalue weighted by Crippen LogP contribution is -2.40. The number of hydrogen-bond acceptors (Lipinski definition) is 2. The zero-order valence-corrected chi connectivity index (χ0v) is 15.3. The van der Waals surface area contributed by atoms with Gasteiger partial charge in [0.1, 0.15) is 11.6 Å². The monoisotopic (exact) mass is 361 g/mol. The van der Waals surface area contributed by atoms with Crippen LogP contribution in [0.5, 0.6) is 0 Å². The Bertz CT molecular complexity index is 751. The Morgan fingerprint density at radius 1 is 1.31 bits per heavy atom. The first-order valence-electron chi connectivity index (χ1n) is 9.02. The molecule has 26 heavy (non-hydrogen) atoms. The highest BCUT2D eigenvalue weighted by Crippen LogP contribution is 2.26. The number of benzene rings is 1. The Hall–Kier alpha value is -2.44. The summed E-state index contributed by atoms with van der Waals surface area (Å²) in [5, 5.41) is 7.57. The molecule has 2 heterocycles. The Morgan fingerprint density at radius 3 is 2.73 bits per heavy atom. The van der Waals surface area contributed by atoms with Crippen LogP contribution in [0.25, 0.3) is 0 Å². The molecule has 1 saturated heterocycles. The maximum absolute atomic E-state index is 13.3. The van der Waals surface area contributed by atoms with E-state index in [0.29, 0.717) is 24.4 Å². The second-order valence-corrected chi connectivity index (χ2v) is 6.64. The second-order valence-electron chi connectivity index (χ2n) is 6.64. The Balaban J connectivity index is 1.62. The first kappa shape index (κ1) is 18.4. The first-order valence-corrected chi connectivity index (χ1v) is 9.02. The molecule has 5 nitrogen and oxygen atoms in total. The van der Waals surface area contributed by atoms with Gasteiger partial charge in [-0.3, -0.25) is 9.67 Å². The summed E-state index contributed by atoms with van der Waals surface area (Å²) in [6.45, 7) is 5.12. The molecule has 1 fully saturated rings. The van der Waals surface area contributed by atoms with Gasteiger partial charge in [0, 0.05) is 51.4 Å². The summed E-state index contributed by atoms with van der Waals surface area (Å²) in [5.41, 5.74) is 1.87. The van der Waals surface area contributed by atoms with Crippen LogP contribution in [-0.2, 0) is 13.5 Å². The van der Waals surface area contributed by atoms with E-state index in [2.05, 4.69) is 26.5 Å². The van der Waals surface area contributed by atoms with Gasteiger partial charge in [-0.25, -0.2) is 8.78 Å². The van der Waals surface area contributed by atoms with Crippen LogP contribution in [0.15, 0.2) is 35.6 Å². The van der Waals surface area contributed by atoms with Crippen molar-refractivity contribution >= 4 is 5.96 Å². The van der Waals surface area contributed by atoms with Crippen LogP contribution in [0, 0.1) is 11.6 Å². The van der Waals surface area contributed by atoms with Gasteiger partial charge in [0.25, 0.3) is 0 Å². The van der Waals surface area contributed by atoms with Gasteiger partial charge in [0.2, 0.25) is 0 Å². The zero-order chi connectivity index (χ0) is 18.5. The van der Waals surface area contributed by atoms with E-state index in [0.717, 1.165) is 38.1 Å². The summed E-state index contributed by atoms with van der Waals surface area (Å²) in [6.07, 6.45) is 5.56. The van der Waals surface area contributed by atoms with Crippen molar-refractivity contribution in [3.63, 3.8) is 0 Å². The fourth-order valence-electron chi connectivity index (χ4n) is 3.35. The molecule has 140 valence electrons. The first-order chi connectivity index (χ1) is 12.5. The van der Waals surface area contributed by atoms with Crippen molar-refractivity contribution in [3.05, 3.63) is 53.4 Å². The molecule has 7 heteroatoms. The molecule has 0 spiro atoms. The van der Waals surface area contributed by atoms with Crippen LogP contribution in [0.1, 0.15) is 30.4 Å². The number of aromatic nitrogens is 2. The number of nitrogens with zero attached hydrogens (tertiary/aromatic N) is 4. The van der Waals surface area contributed by atoms with Gasteiger partial charge in [0.15, 0.2) is 5.96 Å². The molecular weight excluding hydrogens is 336 g/mol. The standard InChI is InChI=1S/C19H25F2N5/c1-3-22-19(23-6-4-14-8-17(20)10-18(21)9-14)26-7-5-15(13-26)16-11-24-25(2)12-16/h8-12,15H,3-7,13H2,1-2H3,(H,22,23). The van der Waals surface area contributed by atoms with Gasteiger partial charge < -0.3 is 10.2 Å². The second kappa shape index (κ2) is 8.29. The molecule has 0 bridgehead atoms. The average molecular weight is 361 g/mol. The van der Waals surface area contributed by atoms with Crippen molar-refractivity contribution in [2.24, 2.45) is 12.0 Å². The Kier molecular flexibility index (Phi) is 5.85. The maximum Gasteiger partial charge on any atom is 0.193 e. The zero-order valence-electron chi connectivity index (χ0n) is 15.3. The van der Waals surface area contributed by atoms with Crippen molar-refractivity contribution in [1.82, 2.24) is 20.0 Å². The van der Waals surface area contributed by atoms with Crippen molar-refractivity contribution in [2.45, 2.75) is 25.7 Å². The number of aliphatic imine (C=N–C) groups is 1. The molecule has 1 N–H and O–H groups in total. The minimum atomic E-state index is -0.547. The van der Waals surface area contributed by atoms with E-state index in [1.54, 1.807) is 0 Å². The topological polar surface area (TPSA) is 45.5 Å². The van der Waals surface area contributed by atoms with Crippen LogP contribution in [0.2, 0.25) is 0 Å². The van der Waals surface area contributed by atoms with E-state index < -0.39 is 11.6 Å². The lowest BCUT2D eigenvalue weighted by Gasteiger charge is -2.21. The minimum absolute atomic E-state index is 0.449. The molecule has 0 amide bonds. The predicted octanol–water partition coefficient (Wildman–Crippen LogP) is 2.70. The van der Waals surface area contributed by atoms with Gasteiger partial charge in [0.05, 0.1) is 6.20 Å². The van der Waals surface area contributed by atoms with Crippen molar-refractivity contribution < 1.29 is 8.78 Å². The molecule has 1 aromatic carbocycles. The quantitative estimate of drug-likeness (QED) is 0.658. The number of aryl methyl sites for hydroxylation is 1. The molecule has 2 aromatic rings. The molecule has 1 unspecified atom stereocenters.